The molecule has 1 saturated carbocycles. The molecule has 1 heterocycles. The maximum Gasteiger partial charge on any atom is 0.111 e. The summed E-state index contributed by atoms with van der Waals surface area (Å²) in [7, 11) is 0. The lowest BCUT2D eigenvalue weighted by Crippen LogP contribution is -2.39. The minimum absolute atomic E-state index is 0.112. The largest absolute Gasteiger partial charge is 0.350 e. The first kappa shape index (κ1) is 11.2. The van der Waals surface area contributed by atoms with Crippen LogP contribution in [0.4, 0.5) is 0 Å². The Balaban J connectivity index is 2.35. The number of nitrogens with zero attached hydrogens (tertiary/aromatic N) is 1. The molecule has 0 saturated heterocycles. The maximum absolute atomic E-state index is 4.63. The number of hydrogen-bond acceptors (Lipinski definition) is 2. The lowest BCUT2D eigenvalue weighted by molar-refractivity contribution is 0.516. The molecule has 86 valence electrons. The number of allylic oxidation sites excluding steroid dienone is 2. The average Bonchev–Trinajstić information content (AvgIpc) is 2.82. The van der Waals surface area contributed by atoms with Crippen molar-refractivity contribution in [2.24, 2.45) is 10.4 Å². The Morgan fingerprint density at radius 1 is 1.50 bits per heavy atom. The summed E-state index contributed by atoms with van der Waals surface area (Å²) in [5, 5.41) is 3.33. The van der Waals surface area contributed by atoms with E-state index in [1.165, 1.54) is 31.3 Å². The number of aliphatic imine (C=N–C) groups is 1. The lowest BCUT2D eigenvalue weighted by atomic mass is 9.76. The molecule has 2 aliphatic rings. The third-order valence-corrected chi connectivity index (χ3v) is 3.69. The van der Waals surface area contributed by atoms with Crippen LogP contribution in [0.2, 0.25) is 0 Å². The Hall–Kier alpha value is -1.31. The third kappa shape index (κ3) is 1.73. The van der Waals surface area contributed by atoms with Gasteiger partial charge in [-0.3, -0.25) is 4.99 Å². The Bertz CT molecular complexity index is 355. The van der Waals surface area contributed by atoms with E-state index >= 15 is 0 Å². The molecular weight excluding hydrogens is 196 g/mol. The Morgan fingerprint density at radius 2 is 2.25 bits per heavy atom. The van der Waals surface area contributed by atoms with Crippen LogP contribution in [-0.4, -0.2) is 12.4 Å². The Morgan fingerprint density at radius 3 is 2.75 bits per heavy atom. The molecule has 0 spiro atoms. The van der Waals surface area contributed by atoms with Gasteiger partial charge in [0.1, 0.15) is 5.84 Å². The van der Waals surface area contributed by atoms with Crippen molar-refractivity contribution in [3.8, 4) is 0 Å². The van der Waals surface area contributed by atoms with Gasteiger partial charge in [0.05, 0.1) is 12.0 Å². The highest BCUT2D eigenvalue weighted by Gasteiger charge is 2.40. The molecule has 0 atom stereocenters. The van der Waals surface area contributed by atoms with Crippen molar-refractivity contribution in [1.82, 2.24) is 5.32 Å². The lowest BCUT2D eigenvalue weighted by Gasteiger charge is -2.33. The van der Waals surface area contributed by atoms with Crippen LogP contribution in [0, 0.1) is 5.41 Å². The predicted octanol–water partition coefficient (Wildman–Crippen LogP) is 3.19. The van der Waals surface area contributed by atoms with Crippen LogP contribution < -0.4 is 5.32 Å². The minimum Gasteiger partial charge on any atom is -0.350 e. The number of hydrogen-bond donors (Lipinski definition) is 1. The first-order valence-electron chi connectivity index (χ1n) is 6.09. The standard InChI is InChI=1S/C14H20N2/c1-3-12(4-2)14(8-5-6-9-14)13-15-10-7-11-16-13/h3-4,7,10H,1,5-6,8-9,11H2,2H3,(H,15,16)/b12-4+. The molecule has 0 aromatic rings. The summed E-state index contributed by atoms with van der Waals surface area (Å²) in [6.45, 7) is 6.84. The van der Waals surface area contributed by atoms with Gasteiger partial charge in [0.2, 0.25) is 0 Å². The molecule has 0 amide bonds. The molecule has 1 aliphatic carbocycles. The molecule has 16 heavy (non-hydrogen) atoms. The second-order valence-corrected chi connectivity index (χ2v) is 4.47. The van der Waals surface area contributed by atoms with Gasteiger partial charge in [0.25, 0.3) is 0 Å². The Labute approximate surface area is 97.8 Å². The van der Waals surface area contributed by atoms with Crippen LogP contribution in [0.5, 0.6) is 0 Å². The highest BCUT2D eigenvalue weighted by molar-refractivity contribution is 5.93. The fourth-order valence-corrected chi connectivity index (χ4v) is 2.90. The highest BCUT2D eigenvalue weighted by Crippen LogP contribution is 2.45. The van der Waals surface area contributed by atoms with E-state index in [0.717, 1.165) is 12.4 Å². The highest BCUT2D eigenvalue weighted by atomic mass is 15.0. The van der Waals surface area contributed by atoms with E-state index in [9.17, 15) is 0 Å². The summed E-state index contributed by atoms with van der Waals surface area (Å²) in [6, 6.07) is 0. The molecule has 2 rings (SSSR count). The van der Waals surface area contributed by atoms with Gasteiger partial charge in [0, 0.05) is 0 Å². The van der Waals surface area contributed by atoms with Crippen molar-refractivity contribution < 1.29 is 0 Å². The van der Waals surface area contributed by atoms with E-state index in [1.807, 2.05) is 12.3 Å². The van der Waals surface area contributed by atoms with Gasteiger partial charge < -0.3 is 5.32 Å². The normalized spacial score (nSPS) is 23.8. The summed E-state index contributed by atoms with van der Waals surface area (Å²) in [6.07, 6.45) is 13.2. The summed E-state index contributed by atoms with van der Waals surface area (Å²) < 4.78 is 0. The molecule has 0 aromatic carbocycles. The van der Waals surface area contributed by atoms with Gasteiger partial charge >= 0.3 is 0 Å². The van der Waals surface area contributed by atoms with Crippen LogP contribution >= 0.6 is 0 Å². The topological polar surface area (TPSA) is 24.4 Å². The first-order valence-corrected chi connectivity index (χ1v) is 6.09. The second-order valence-electron chi connectivity index (χ2n) is 4.47. The molecule has 2 heteroatoms. The molecule has 1 aliphatic heterocycles. The summed E-state index contributed by atoms with van der Waals surface area (Å²) in [5.74, 6) is 1.14. The van der Waals surface area contributed by atoms with Gasteiger partial charge in [0.15, 0.2) is 0 Å². The van der Waals surface area contributed by atoms with Gasteiger partial charge in [-0.15, -0.1) is 0 Å². The van der Waals surface area contributed by atoms with Gasteiger partial charge in [-0.2, -0.15) is 0 Å². The SMILES string of the molecule is C=C/C(=C\C)C1(C2=NCC=CN2)CCCC1. The summed E-state index contributed by atoms with van der Waals surface area (Å²) in [4.78, 5) is 4.63. The van der Waals surface area contributed by atoms with Gasteiger partial charge in [-0.05, 0) is 37.6 Å². The first-order chi connectivity index (χ1) is 7.83. The zero-order valence-electron chi connectivity index (χ0n) is 10.00. The zero-order valence-corrected chi connectivity index (χ0v) is 10.00. The molecule has 2 nitrogen and oxygen atoms in total. The zero-order chi connectivity index (χ0) is 11.4. The maximum atomic E-state index is 4.63. The van der Waals surface area contributed by atoms with Crippen molar-refractivity contribution in [2.45, 2.75) is 32.6 Å². The van der Waals surface area contributed by atoms with Crippen molar-refractivity contribution in [3.63, 3.8) is 0 Å². The van der Waals surface area contributed by atoms with E-state index < -0.39 is 0 Å². The minimum atomic E-state index is 0.112. The smallest absolute Gasteiger partial charge is 0.111 e. The third-order valence-electron chi connectivity index (χ3n) is 3.69. The van der Waals surface area contributed by atoms with E-state index in [0.29, 0.717) is 0 Å². The van der Waals surface area contributed by atoms with Crippen molar-refractivity contribution in [1.29, 1.82) is 0 Å². The van der Waals surface area contributed by atoms with Gasteiger partial charge in [-0.1, -0.05) is 31.6 Å². The van der Waals surface area contributed by atoms with Crippen LogP contribution in [0.1, 0.15) is 32.6 Å². The van der Waals surface area contributed by atoms with Crippen molar-refractivity contribution in [3.05, 3.63) is 36.6 Å². The molecule has 0 unspecified atom stereocenters. The predicted molar refractivity (Wildman–Crippen MR) is 69.4 cm³/mol. The molecule has 1 fully saturated rings. The Kier molecular flexibility index (Phi) is 3.28. The van der Waals surface area contributed by atoms with Crippen molar-refractivity contribution in [2.75, 3.05) is 6.54 Å². The van der Waals surface area contributed by atoms with E-state index in [4.69, 9.17) is 0 Å². The molecular formula is C14H20N2. The van der Waals surface area contributed by atoms with E-state index in [2.05, 4.69) is 36.0 Å². The van der Waals surface area contributed by atoms with Gasteiger partial charge in [-0.25, -0.2) is 0 Å². The van der Waals surface area contributed by atoms with Crippen LogP contribution in [-0.2, 0) is 0 Å². The molecule has 1 N–H and O–H groups in total. The quantitative estimate of drug-likeness (QED) is 0.720. The fourth-order valence-electron chi connectivity index (χ4n) is 2.90. The monoisotopic (exact) mass is 216 g/mol. The number of rotatable bonds is 3. The molecule has 0 radical (unpaired) electrons. The summed E-state index contributed by atoms with van der Waals surface area (Å²) in [5.41, 5.74) is 1.44. The van der Waals surface area contributed by atoms with E-state index in [1.54, 1.807) is 0 Å². The molecule has 0 aromatic heterocycles. The fraction of sp³-hybridized carbons (Fsp3) is 0.500. The van der Waals surface area contributed by atoms with Crippen LogP contribution in [0.3, 0.4) is 0 Å². The van der Waals surface area contributed by atoms with Crippen LogP contribution in [0.15, 0.2) is 41.6 Å². The summed E-state index contributed by atoms with van der Waals surface area (Å²) >= 11 is 0. The second kappa shape index (κ2) is 4.69. The van der Waals surface area contributed by atoms with Crippen LogP contribution in [0.25, 0.3) is 0 Å². The molecule has 0 bridgehead atoms. The van der Waals surface area contributed by atoms with Crippen molar-refractivity contribution >= 4 is 5.84 Å². The number of amidine groups is 1. The van der Waals surface area contributed by atoms with E-state index in [-0.39, 0.29) is 5.41 Å². The average molecular weight is 216 g/mol. The number of nitrogens with one attached hydrogen (secondary N) is 1.